The van der Waals surface area contributed by atoms with E-state index in [9.17, 15) is 0 Å². The molecule has 0 atom stereocenters. The van der Waals surface area contributed by atoms with Crippen LogP contribution in [0.2, 0.25) is 0 Å². The summed E-state index contributed by atoms with van der Waals surface area (Å²) in [7, 11) is 0. The van der Waals surface area contributed by atoms with Crippen LogP contribution in [-0.4, -0.2) is 9.97 Å². The largest absolute Gasteiger partial charge is 0.395 e. The molecule has 0 aromatic carbocycles. The number of nitrogens with two attached hydrogens (primary N) is 2. The van der Waals surface area contributed by atoms with Crippen LogP contribution in [0.4, 0.5) is 10.7 Å². The summed E-state index contributed by atoms with van der Waals surface area (Å²) >= 11 is 1.37. The van der Waals surface area contributed by atoms with Crippen LogP contribution in [0.5, 0.6) is 0 Å². The second-order valence-corrected chi connectivity index (χ2v) is 3.58. The maximum absolute atomic E-state index is 5.67. The first-order valence-corrected chi connectivity index (χ1v) is 4.27. The summed E-state index contributed by atoms with van der Waals surface area (Å²) in [6.45, 7) is 1.89. The number of nitrogen functional groups attached to an aromatic ring is 2. The monoisotopic (exact) mass is 180 g/mol. The number of hydrogen-bond acceptors (Lipinski definition) is 5. The topological polar surface area (TPSA) is 77.8 Å². The molecular weight excluding hydrogens is 172 g/mol. The van der Waals surface area contributed by atoms with Crippen LogP contribution < -0.4 is 11.5 Å². The molecule has 4 N–H and O–H groups in total. The van der Waals surface area contributed by atoms with E-state index in [0.717, 1.165) is 10.5 Å². The first kappa shape index (κ1) is 7.30. The maximum atomic E-state index is 5.67. The third-order valence-corrected chi connectivity index (χ3v) is 2.51. The van der Waals surface area contributed by atoms with Crippen LogP contribution in [0, 0.1) is 6.92 Å². The summed E-state index contributed by atoms with van der Waals surface area (Å²) in [5.41, 5.74) is 13.4. The third-order valence-electron chi connectivity index (χ3n) is 1.59. The second kappa shape index (κ2) is 2.31. The second-order valence-electron chi connectivity index (χ2n) is 2.55. The molecule has 0 saturated heterocycles. The molecule has 2 aromatic heterocycles. The average Bonchev–Trinajstić information content (AvgIpc) is 2.28. The fraction of sp³-hybridized carbons (Fsp3) is 0.143. The van der Waals surface area contributed by atoms with Gasteiger partial charge in [-0.1, -0.05) is 11.3 Å². The number of fused-ring (bicyclic) bond motifs is 1. The number of thiophene rings is 1. The number of rotatable bonds is 0. The van der Waals surface area contributed by atoms with E-state index in [1.807, 2.05) is 6.92 Å². The van der Waals surface area contributed by atoms with E-state index >= 15 is 0 Å². The molecule has 0 aliphatic carbocycles. The number of aromatic nitrogens is 2. The Morgan fingerprint density at radius 1 is 1.42 bits per heavy atom. The van der Waals surface area contributed by atoms with Crippen LogP contribution >= 0.6 is 11.3 Å². The van der Waals surface area contributed by atoms with Crippen molar-refractivity contribution in [3.05, 3.63) is 11.9 Å². The molecule has 0 aliphatic heterocycles. The van der Waals surface area contributed by atoms with Crippen molar-refractivity contribution < 1.29 is 0 Å². The molecule has 0 aliphatic rings. The Morgan fingerprint density at radius 3 is 2.92 bits per heavy atom. The normalized spacial score (nSPS) is 10.8. The lowest BCUT2D eigenvalue weighted by molar-refractivity contribution is 1.20. The molecule has 0 unspecified atom stereocenters. The van der Waals surface area contributed by atoms with Gasteiger partial charge in [0, 0.05) is 6.20 Å². The van der Waals surface area contributed by atoms with Gasteiger partial charge in [0.25, 0.3) is 0 Å². The van der Waals surface area contributed by atoms with Crippen molar-refractivity contribution in [3.63, 3.8) is 0 Å². The van der Waals surface area contributed by atoms with Crippen molar-refractivity contribution >= 4 is 32.4 Å². The van der Waals surface area contributed by atoms with E-state index in [1.165, 1.54) is 11.3 Å². The van der Waals surface area contributed by atoms with Gasteiger partial charge < -0.3 is 11.5 Å². The molecule has 0 amide bonds. The molecule has 0 fully saturated rings. The van der Waals surface area contributed by atoms with Gasteiger partial charge in [-0.3, -0.25) is 0 Å². The molecule has 0 spiro atoms. The van der Waals surface area contributed by atoms with Crippen molar-refractivity contribution in [1.29, 1.82) is 0 Å². The van der Waals surface area contributed by atoms with Crippen molar-refractivity contribution in [2.24, 2.45) is 0 Å². The van der Waals surface area contributed by atoms with E-state index in [0.29, 0.717) is 16.2 Å². The highest BCUT2D eigenvalue weighted by atomic mass is 32.1. The fourth-order valence-corrected chi connectivity index (χ4v) is 1.85. The Kier molecular flexibility index (Phi) is 1.41. The summed E-state index contributed by atoms with van der Waals surface area (Å²) in [4.78, 5) is 9.21. The molecule has 62 valence electrons. The number of nitrogens with zero attached hydrogens (tertiary/aromatic N) is 2. The summed E-state index contributed by atoms with van der Waals surface area (Å²) in [6.07, 6.45) is 1.69. The number of aryl methyl sites for hydroxylation is 1. The highest BCUT2D eigenvalue weighted by Gasteiger charge is 2.08. The van der Waals surface area contributed by atoms with E-state index in [1.54, 1.807) is 6.20 Å². The minimum Gasteiger partial charge on any atom is -0.395 e. The van der Waals surface area contributed by atoms with Crippen molar-refractivity contribution in [1.82, 2.24) is 9.97 Å². The molecule has 12 heavy (non-hydrogen) atoms. The van der Waals surface area contributed by atoms with Crippen LogP contribution in [-0.2, 0) is 0 Å². The zero-order valence-corrected chi connectivity index (χ0v) is 7.35. The predicted molar refractivity (Wildman–Crippen MR) is 51.0 cm³/mol. The van der Waals surface area contributed by atoms with Gasteiger partial charge in [0.1, 0.15) is 15.3 Å². The molecule has 2 heterocycles. The van der Waals surface area contributed by atoms with Gasteiger partial charge in [0.2, 0.25) is 0 Å². The molecular formula is C7H8N4S. The van der Waals surface area contributed by atoms with Gasteiger partial charge >= 0.3 is 0 Å². The Bertz CT molecular complexity index is 434. The SMILES string of the molecule is Cc1cnc2c(N)c(N)sc2n1. The first-order valence-electron chi connectivity index (χ1n) is 3.45. The van der Waals surface area contributed by atoms with Crippen LogP contribution in [0.25, 0.3) is 10.3 Å². The number of hydrogen-bond donors (Lipinski definition) is 2. The predicted octanol–water partition coefficient (Wildman–Crippen LogP) is 1.16. The van der Waals surface area contributed by atoms with Gasteiger partial charge in [-0.25, -0.2) is 9.97 Å². The highest BCUT2D eigenvalue weighted by Crippen LogP contribution is 2.32. The minimum atomic E-state index is 0.544. The Morgan fingerprint density at radius 2 is 2.17 bits per heavy atom. The summed E-state index contributed by atoms with van der Waals surface area (Å²) in [5.74, 6) is 0. The zero-order valence-electron chi connectivity index (χ0n) is 6.53. The van der Waals surface area contributed by atoms with Crippen molar-refractivity contribution in [3.8, 4) is 0 Å². The van der Waals surface area contributed by atoms with E-state index in [4.69, 9.17) is 11.5 Å². The minimum absolute atomic E-state index is 0.544. The summed E-state index contributed by atoms with van der Waals surface area (Å²) < 4.78 is 0. The van der Waals surface area contributed by atoms with Crippen LogP contribution in [0.3, 0.4) is 0 Å². The third kappa shape index (κ3) is 0.902. The molecule has 2 aromatic rings. The van der Waals surface area contributed by atoms with Crippen LogP contribution in [0.15, 0.2) is 6.20 Å². The summed E-state index contributed by atoms with van der Waals surface area (Å²) in [6, 6.07) is 0. The van der Waals surface area contributed by atoms with Gasteiger partial charge in [-0.2, -0.15) is 0 Å². The highest BCUT2D eigenvalue weighted by molar-refractivity contribution is 7.23. The quantitative estimate of drug-likeness (QED) is 0.637. The first-order chi connectivity index (χ1) is 5.68. The lowest BCUT2D eigenvalue weighted by Gasteiger charge is -1.91. The van der Waals surface area contributed by atoms with Gasteiger partial charge in [-0.05, 0) is 6.92 Å². The molecule has 0 bridgehead atoms. The smallest absolute Gasteiger partial charge is 0.146 e. The molecule has 4 nitrogen and oxygen atoms in total. The lowest BCUT2D eigenvalue weighted by atomic mass is 10.4. The zero-order chi connectivity index (χ0) is 8.72. The van der Waals surface area contributed by atoms with E-state index < -0.39 is 0 Å². The Hall–Kier alpha value is -1.36. The fourth-order valence-electron chi connectivity index (χ4n) is 0.987. The van der Waals surface area contributed by atoms with E-state index in [2.05, 4.69) is 9.97 Å². The van der Waals surface area contributed by atoms with Crippen LogP contribution in [0.1, 0.15) is 5.69 Å². The maximum Gasteiger partial charge on any atom is 0.146 e. The van der Waals surface area contributed by atoms with E-state index in [-0.39, 0.29) is 0 Å². The lowest BCUT2D eigenvalue weighted by Crippen LogP contribution is -1.90. The number of anilines is 2. The molecule has 0 saturated carbocycles. The average molecular weight is 180 g/mol. The standard InChI is InChI=1S/C7H8N4S/c1-3-2-10-5-4(8)6(9)12-7(5)11-3/h2H,8-9H2,1H3. The molecule has 2 rings (SSSR count). The molecule has 0 radical (unpaired) electrons. The van der Waals surface area contributed by atoms with Gasteiger partial charge in [0.15, 0.2) is 0 Å². The molecule has 5 heteroatoms. The van der Waals surface area contributed by atoms with Crippen molar-refractivity contribution in [2.75, 3.05) is 11.5 Å². The Balaban J connectivity index is 2.87. The Labute approximate surface area is 73.2 Å². The van der Waals surface area contributed by atoms with Gasteiger partial charge in [-0.15, -0.1) is 0 Å². The van der Waals surface area contributed by atoms with Gasteiger partial charge in [0.05, 0.1) is 11.4 Å². The van der Waals surface area contributed by atoms with Crippen molar-refractivity contribution in [2.45, 2.75) is 6.92 Å². The summed E-state index contributed by atoms with van der Waals surface area (Å²) in [5, 5.41) is 0.593.